The van der Waals surface area contributed by atoms with Gasteiger partial charge in [-0.05, 0) is 55.5 Å². The van der Waals surface area contributed by atoms with E-state index in [2.05, 4.69) is 13.8 Å². The summed E-state index contributed by atoms with van der Waals surface area (Å²) in [6.45, 7) is 4.20. The van der Waals surface area contributed by atoms with E-state index in [9.17, 15) is 9.59 Å². The molecule has 0 spiro atoms. The standard InChI is InChI=1S/C26H28N2O4/c1-3-18-15-16-26(4-2,31-17-18)23-21-22(32-28(23)20-13-9-6-10-14-20)25(30)27(24(21)29)19-11-7-5-8-12-19/h5-14,17,21-23H,3-4,15-16H2,1-2H3/t21-,22-,23-,26+/m0/s1. The van der Waals surface area contributed by atoms with Crippen LogP contribution in [0.2, 0.25) is 0 Å². The number of carbonyl (C=O) groups excluding carboxylic acids is 2. The molecule has 2 fully saturated rings. The van der Waals surface area contributed by atoms with Crippen molar-refractivity contribution in [2.24, 2.45) is 5.92 Å². The van der Waals surface area contributed by atoms with Gasteiger partial charge in [-0.2, -0.15) is 0 Å². The maximum absolute atomic E-state index is 13.7. The molecule has 4 atom stereocenters. The number of allylic oxidation sites excluding steroid dienone is 1. The van der Waals surface area contributed by atoms with Gasteiger partial charge in [0.05, 0.1) is 17.6 Å². The number of nitrogens with zero attached hydrogens (tertiary/aromatic N) is 2. The Bertz CT molecular complexity index is 1040. The summed E-state index contributed by atoms with van der Waals surface area (Å²) in [7, 11) is 0. The van der Waals surface area contributed by atoms with Gasteiger partial charge >= 0.3 is 0 Å². The number of ether oxygens (including phenoxy) is 1. The van der Waals surface area contributed by atoms with Crippen LogP contribution in [0.25, 0.3) is 0 Å². The van der Waals surface area contributed by atoms with Crippen molar-refractivity contribution in [3.8, 4) is 0 Å². The number of hydrogen-bond acceptors (Lipinski definition) is 5. The van der Waals surface area contributed by atoms with Gasteiger partial charge in [-0.1, -0.05) is 50.2 Å². The summed E-state index contributed by atoms with van der Waals surface area (Å²) in [5, 5.41) is 1.77. The molecule has 32 heavy (non-hydrogen) atoms. The van der Waals surface area contributed by atoms with E-state index in [4.69, 9.17) is 9.57 Å². The Hall–Kier alpha value is -3.12. The minimum atomic E-state index is -0.864. The van der Waals surface area contributed by atoms with Crippen LogP contribution >= 0.6 is 0 Å². The number of anilines is 2. The molecule has 5 rings (SSSR count). The van der Waals surface area contributed by atoms with Gasteiger partial charge in [0, 0.05) is 0 Å². The van der Waals surface area contributed by atoms with Crippen LogP contribution in [-0.4, -0.2) is 29.6 Å². The van der Waals surface area contributed by atoms with E-state index in [0.29, 0.717) is 12.1 Å². The highest BCUT2D eigenvalue weighted by molar-refractivity contribution is 6.24. The number of rotatable bonds is 5. The molecule has 2 aromatic carbocycles. The molecule has 166 valence electrons. The second-order valence-electron chi connectivity index (χ2n) is 8.67. The maximum atomic E-state index is 13.7. The zero-order valence-corrected chi connectivity index (χ0v) is 18.4. The lowest BCUT2D eigenvalue weighted by atomic mass is 9.76. The molecule has 0 unspecified atom stereocenters. The van der Waals surface area contributed by atoms with E-state index in [1.807, 2.05) is 54.8 Å². The van der Waals surface area contributed by atoms with Crippen molar-refractivity contribution < 1.29 is 19.2 Å². The highest BCUT2D eigenvalue weighted by Gasteiger charge is 2.65. The fourth-order valence-corrected chi connectivity index (χ4v) is 5.22. The fourth-order valence-electron chi connectivity index (χ4n) is 5.22. The minimum absolute atomic E-state index is 0.226. The van der Waals surface area contributed by atoms with Gasteiger partial charge in [-0.15, -0.1) is 0 Å². The summed E-state index contributed by atoms with van der Waals surface area (Å²) in [6, 6.07) is 18.3. The van der Waals surface area contributed by atoms with Crippen molar-refractivity contribution in [2.75, 3.05) is 9.96 Å². The molecule has 6 heteroatoms. The second kappa shape index (κ2) is 8.10. The van der Waals surface area contributed by atoms with Gasteiger partial charge in [-0.25, -0.2) is 9.96 Å². The average molecular weight is 433 g/mol. The van der Waals surface area contributed by atoms with Gasteiger partial charge in [0.15, 0.2) is 6.10 Å². The number of fused-ring (bicyclic) bond motifs is 1. The molecule has 3 aliphatic heterocycles. The minimum Gasteiger partial charge on any atom is -0.493 e. The molecule has 6 nitrogen and oxygen atoms in total. The zero-order valence-electron chi connectivity index (χ0n) is 18.4. The largest absolute Gasteiger partial charge is 0.493 e. The van der Waals surface area contributed by atoms with E-state index in [1.54, 1.807) is 17.2 Å². The first-order valence-corrected chi connectivity index (χ1v) is 11.4. The molecule has 0 aliphatic carbocycles. The summed E-state index contributed by atoms with van der Waals surface area (Å²) >= 11 is 0. The van der Waals surface area contributed by atoms with E-state index < -0.39 is 23.7 Å². The van der Waals surface area contributed by atoms with Crippen molar-refractivity contribution in [3.05, 3.63) is 72.5 Å². The normalized spacial score (nSPS) is 29.7. The molecule has 0 bridgehead atoms. The summed E-state index contributed by atoms with van der Waals surface area (Å²) < 4.78 is 6.42. The molecule has 0 radical (unpaired) electrons. The predicted octanol–water partition coefficient (Wildman–Crippen LogP) is 4.62. The molecular formula is C26H28N2O4. The molecule has 2 aromatic rings. The fraction of sp³-hybridized carbons (Fsp3) is 0.385. The molecule has 3 aliphatic rings. The predicted molar refractivity (Wildman–Crippen MR) is 122 cm³/mol. The maximum Gasteiger partial charge on any atom is 0.266 e. The van der Waals surface area contributed by atoms with Gasteiger partial charge in [-0.3, -0.25) is 14.4 Å². The van der Waals surface area contributed by atoms with Gasteiger partial charge in [0.1, 0.15) is 17.6 Å². The van der Waals surface area contributed by atoms with Crippen molar-refractivity contribution in [3.63, 3.8) is 0 Å². The van der Waals surface area contributed by atoms with E-state index in [1.165, 1.54) is 10.5 Å². The third-order valence-electron chi connectivity index (χ3n) is 7.06. The Morgan fingerprint density at radius 3 is 2.16 bits per heavy atom. The number of amides is 2. The van der Waals surface area contributed by atoms with Crippen LogP contribution in [0.1, 0.15) is 39.5 Å². The molecular weight excluding hydrogens is 404 g/mol. The van der Waals surface area contributed by atoms with Crippen LogP contribution in [0.15, 0.2) is 72.5 Å². The van der Waals surface area contributed by atoms with E-state index in [0.717, 1.165) is 24.9 Å². The number of imide groups is 1. The first-order valence-electron chi connectivity index (χ1n) is 11.4. The SMILES string of the molecule is CCC1=CO[C@@](CC)([C@@H]2[C@H]3C(=O)N(c4ccccc4)C(=O)[C@H]3ON2c2ccccc2)CC1. The third kappa shape index (κ3) is 3.13. The Labute approximate surface area is 188 Å². The lowest BCUT2D eigenvalue weighted by Gasteiger charge is -2.45. The summed E-state index contributed by atoms with van der Waals surface area (Å²) in [5.41, 5.74) is 2.03. The van der Waals surface area contributed by atoms with Crippen molar-refractivity contribution in [1.82, 2.24) is 0 Å². The zero-order chi connectivity index (χ0) is 22.3. The van der Waals surface area contributed by atoms with Crippen LogP contribution in [0.5, 0.6) is 0 Å². The Morgan fingerprint density at radius 1 is 0.938 bits per heavy atom. The van der Waals surface area contributed by atoms with Crippen LogP contribution in [0, 0.1) is 5.92 Å². The van der Waals surface area contributed by atoms with Crippen LogP contribution in [0.3, 0.4) is 0 Å². The van der Waals surface area contributed by atoms with Crippen LogP contribution in [0.4, 0.5) is 11.4 Å². The summed E-state index contributed by atoms with van der Waals surface area (Å²) in [6.07, 6.45) is 4.32. The lowest BCUT2D eigenvalue weighted by Crippen LogP contribution is -2.56. The van der Waals surface area contributed by atoms with Gasteiger partial charge in [0.2, 0.25) is 5.91 Å². The molecule has 2 amide bonds. The number of hydroxylamine groups is 1. The monoisotopic (exact) mass is 432 g/mol. The highest BCUT2D eigenvalue weighted by Crippen LogP contribution is 2.48. The molecule has 2 saturated heterocycles. The average Bonchev–Trinajstić information content (AvgIpc) is 3.36. The van der Waals surface area contributed by atoms with Crippen molar-refractivity contribution in [1.29, 1.82) is 0 Å². The number of para-hydroxylation sites is 2. The van der Waals surface area contributed by atoms with E-state index in [-0.39, 0.29) is 11.8 Å². The Balaban J connectivity index is 1.58. The topological polar surface area (TPSA) is 59.1 Å². The smallest absolute Gasteiger partial charge is 0.266 e. The second-order valence-corrected chi connectivity index (χ2v) is 8.67. The number of carbonyl (C=O) groups is 2. The first-order chi connectivity index (χ1) is 15.6. The summed E-state index contributed by atoms with van der Waals surface area (Å²) in [5.74, 6) is -1.18. The molecule has 3 heterocycles. The number of hydrogen-bond donors (Lipinski definition) is 0. The summed E-state index contributed by atoms with van der Waals surface area (Å²) in [4.78, 5) is 34.7. The lowest BCUT2D eigenvalue weighted by molar-refractivity contribution is -0.127. The van der Waals surface area contributed by atoms with Gasteiger partial charge < -0.3 is 4.74 Å². The molecule has 0 N–H and O–H groups in total. The highest BCUT2D eigenvalue weighted by atomic mass is 16.7. The Kier molecular flexibility index (Phi) is 5.25. The van der Waals surface area contributed by atoms with Gasteiger partial charge in [0.25, 0.3) is 5.91 Å². The van der Waals surface area contributed by atoms with E-state index >= 15 is 0 Å². The molecule has 0 saturated carbocycles. The first kappa shape index (κ1) is 20.8. The Morgan fingerprint density at radius 2 is 1.59 bits per heavy atom. The van der Waals surface area contributed by atoms with Crippen molar-refractivity contribution >= 4 is 23.2 Å². The quantitative estimate of drug-likeness (QED) is 0.646. The van der Waals surface area contributed by atoms with Crippen LogP contribution < -0.4 is 9.96 Å². The number of benzene rings is 2. The third-order valence-corrected chi connectivity index (χ3v) is 7.06. The van der Waals surface area contributed by atoms with Crippen molar-refractivity contribution in [2.45, 2.75) is 57.3 Å². The molecule has 0 aromatic heterocycles. The van der Waals surface area contributed by atoms with Crippen LogP contribution in [-0.2, 0) is 19.2 Å².